The van der Waals surface area contributed by atoms with Gasteiger partial charge in [0.2, 0.25) is 5.91 Å². The lowest BCUT2D eigenvalue weighted by Gasteiger charge is -2.44. The summed E-state index contributed by atoms with van der Waals surface area (Å²) in [5, 5.41) is 12.7. The summed E-state index contributed by atoms with van der Waals surface area (Å²) in [5.74, 6) is -1.88. The maximum absolute atomic E-state index is 11.1. The van der Waals surface area contributed by atoms with Gasteiger partial charge in [-0.15, -0.1) is 0 Å². The third-order valence-electron chi connectivity index (χ3n) is 2.76. The van der Waals surface area contributed by atoms with Crippen LogP contribution in [0.5, 0.6) is 0 Å². The lowest BCUT2D eigenvalue weighted by Crippen LogP contribution is -2.61. The van der Waals surface area contributed by atoms with E-state index in [0.717, 1.165) is 0 Å². The van der Waals surface area contributed by atoms with Crippen LogP contribution in [0.4, 0.5) is 0 Å². The number of nitrogens with one attached hydrogen (secondary N) is 1. The normalized spacial score (nSPS) is 34.9. The molecule has 1 aliphatic heterocycles. The van der Waals surface area contributed by atoms with Crippen molar-refractivity contribution in [2.45, 2.75) is 64.4 Å². The van der Waals surface area contributed by atoms with Crippen LogP contribution < -0.4 is 5.32 Å². The molecule has 0 aliphatic carbocycles. The van der Waals surface area contributed by atoms with Gasteiger partial charge in [-0.3, -0.25) is 9.59 Å². The molecule has 4 atom stereocenters. The van der Waals surface area contributed by atoms with E-state index in [2.05, 4.69) is 5.32 Å². The van der Waals surface area contributed by atoms with E-state index in [1.165, 1.54) is 6.92 Å². The van der Waals surface area contributed by atoms with Crippen LogP contribution >= 0.6 is 0 Å². The first-order chi connectivity index (χ1) is 8.79. The Morgan fingerprint density at radius 2 is 2.21 bits per heavy atom. The van der Waals surface area contributed by atoms with Gasteiger partial charge in [0, 0.05) is 6.92 Å². The Kier molecular flexibility index (Phi) is 5.28. The number of hydrogen-bond acceptors (Lipinski definition) is 6. The van der Waals surface area contributed by atoms with Crippen LogP contribution in [0, 0.1) is 0 Å². The number of amides is 1. The highest BCUT2D eigenvalue weighted by atomic mass is 16.9. The van der Waals surface area contributed by atoms with Crippen molar-refractivity contribution in [3.05, 3.63) is 0 Å². The van der Waals surface area contributed by atoms with Crippen molar-refractivity contribution in [2.75, 3.05) is 0 Å². The summed E-state index contributed by atoms with van der Waals surface area (Å²) in [6.07, 6.45) is -1.83. The van der Waals surface area contributed by atoms with Gasteiger partial charge < -0.3 is 24.6 Å². The molecule has 0 bridgehead atoms. The summed E-state index contributed by atoms with van der Waals surface area (Å²) >= 11 is 0. The Hall–Kier alpha value is -1.18. The first kappa shape index (κ1) is 15.9. The van der Waals surface area contributed by atoms with Crippen molar-refractivity contribution in [3.8, 4) is 0 Å². The highest BCUT2D eigenvalue weighted by molar-refractivity contribution is 5.73. The van der Waals surface area contributed by atoms with Gasteiger partial charge in [-0.25, -0.2) is 0 Å². The van der Waals surface area contributed by atoms with Gasteiger partial charge >= 0.3 is 5.97 Å². The second kappa shape index (κ2) is 6.31. The largest absolute Gasteiger partial charge is 0.410 e. The van der Waals surface area contributed by atoms with E-state index in [1.807, 2.05) is 0 Å². The summed E-state index contributed by atoms with van der Waals surface area (Å²) in [5.41, 5.74) is 0. The number of aliphatic hydroxyl groups excluding tert-OH is 1. The van der Waals surface area contributed by atoms with Gasteiger partial charge in [0.05, 0.1) is 30.8 Å². The van der Waals surface area contributed by atoms with E-state index in [0.29, 0.717) is 0 Å². The molecule has 4 unspecified atom stereocenters. The summed E-state index contributed by atoms with van der Waals surface area (Å²) in [6, 6.07) is -0.573. The predicted molar refractivity (Wildman–Crippen MR) is 64.9 cm³/mol. The Morgan fingerprint density at radius 1 is 1.58 bits per heavy atom. The molecular weight excluding hydrogens is 254 g/mol. The topological polar surface area (TPSA) is 94.1 Å². The summed E-state index contributed by atoms with van der Waals surface area (Å²) in [6.45, 7) is 6.76. The van der Waals surface area contributed by atoms with Crippen LogP contribution in [0.1, 0.15) is 34.1 Å². The fourth-order valence-corrected chi connectivity index (χ4v) is 2.16. The molecule has 1 heterocycles. The minimum atomic E-state index is -1.61. The van der Waals surface area contributed by atoms with Crippen LogP contribution in [-0.2, 0) is 23.8 Å². The second-order valence-corrected chi connectivity index (χ2v) is 4.88. The predicted octanol–water partition coefficient (Wildman–Crippen LogP) is -0.0874. The van der Waals surface area contributed by atoms with Crippen molar-refractivity contribution in [2.24, 2.45) is 0 Å². The molecule has 1 saturated heterocycles. The van der Waals surface area contributed by atoms with Crippen molar-refractivity contribution >= 4 is 12.4 Å². The van der Waals surface area contributed by atoms with Crippen LogP contribution in [-0.4, -0.2) is 47.8 Å². The van der Waals surface area contributed by atoms with Gasteiger partial charge in [0.25, 0.3) is 6.47 Å². The first-order valence-corrected chi connectivity index (χ1v) is 6.22. The SMILES string of the molecule is CC(=O)NC1C(O)CC(OC=O)(OC(C)C)OC1C. The molecule has 1 rings (SSSR count). The lowest BCUT2D eigenvalue weighted by molar-refractivity contribution is -0.406. The molecule has 110 valence electrons. The molecule has 0 aromatic rings. The quantitative estimate of drug-likeness (QED) is 0.538. The van der Waals surface area contributed by atoms with E-state index in [4.69, 9.17) is 14.2 Å². The van der Waals surface area contributed by atoms with Gasteiger partial charge in [-0.1, -0.05) is 0 Å². The molecule has 19 heavy (non-hydrogen) atoms. The molecule has 7 nitrogen and oxygen atoms in total. The smallest absolute Gasteiger partial charge is 0.332 e. The summed E-state index contributed by atoms with van der Waals surface area (Å²) in [7, 11) is 0. The molecule has 0 radical (unpaired) electrons. The van der Waals surface area contributed by atoms with Crippen molar-refractivity contribution < 1.29 is 28.9 Å². The average Bonchev–Trinajstić information content (AvgIpc) is 2.22. The van der Waals surface area contributed by atoms with Crippen LogP contribution in [0.15, 0.2) is 0 Å². The van der Waals surface area contributed by atoms with Crippen molar-refractivity contribution in [1.29, 1.82) is 0 Å². The van der Waals surface area contributed by atoms with Gasteiger partial charge in [0.1, 0.15) is 0 Å². The Balaban J connectivity index is 2.84. The average molecular weight is 275 g/mol. The van der Waals surface area contributed by atoms with Crippen LogP contribution in [0.2, 0.25) is 0 Å². The third kappa shape index (κ3) is 4.15. The van der Waals surface area contributed by atoms with E-state index in [1.54, 1.807) is 20.8 Å². The summed E-state index contributed by atoms with van der Waals surface area (Å²) in [4.78, 5) is 21.7. The monoisotopic (exact) mass is 275 g/mol. The third-order valence-corrected chi connectivity index (χ3v) is 2.76. The number of carbonyl (C=O) groups excluding carboxylic acids is 2. The standard InChI is InChI=1S/C12H21NO6/c1-7(2)18-12(17-6-14)5-10(16)11(8(3)19-12)13-9(4)15/h6-8,10-11,16H,5H2,1-4H3,(H,13,15). The first-order valence-electron chi connectivity index (χ1n) is 6.22. The highest BCUT2D eigenvalue weighted by Gasteiger charge is 2.49. The fourth-order valence-electron chi connectivity index (χ4n) is 2.16. The lowest BCUT2D eigenvalue weighted by atomic mass is 9.98. The number of carbonyl (C=O) groups is 2. The van der Waals surface area contributed by atoms with E-state index in [-0.39, 0.29) is 24.9 Å². The number of hydrogen-bond donors (Lipinski definition) is 2. The van der Waals surface area contributed by atoms with Gasteiger partial charge in [-0.05, 0) is 20.8 Å². The van der Waals surface area contributed by atoms with Crippen LogP contribution in [0.3, 0.4) is 0 Å². The van der Waals surface area contributed by atoms with Crippen molar-refractivity contribution in [1.82, 2.24) is 5.32 Å². The van der Waals surface area contributed by atoms with Crippen molar-refractivity contribution in [3.63, 3.8) is 0 Å². The molecule has 1 aliphatic rings. The molecule has 7 heteroatoms. The molecule has 1 amide bonds. The molecule has 0 spiro atoms. The molecule has 0 aromatic carbocycles. The molecule has 0 saturated carbocycles. The van der Waals surface area contributed by atoms with E-state index in [9.17, 15) is 14.7 Å². The Bertz CT molecular complexity index is 320. The number of ether oxygens (including phenoxy) is 3. The molecule has 0 aromatic heterocycles. The zero-order chi connectivity index (χ0) is 14.6. The molecule has 1 fully saturated rings. The van der Waals surface area contributed by atoms with E-state index < -0.39 is 24.2 Å². The highest BCUT2D eigenvalue weighted by Crippen LogP contribution is 2.32. The van der Waals surface area contributed by atoms with Gasteiger partial charge in [-0.2, -0.15) is 0 Å². The maximum atomic E-state index is 11.1. The fraction of sp³-hybridized carbons (Fsp3) is 0.833. The number of aliphatic hydroxyl groups is 1. The van der Waals surface area contributed by atoms with E-state index >= 15 is 0 Å². The molecular formula is C12H21NO6. The minimum absolute atomic E-state index is 0.0702. The maximum Gasteiger partial charge on any atom is 0.332 e. The zero-order valence-corrected chi connectivity index (χ0v) is 11.6. The Morgan fingerprint density at radius 3 is 2.63 bits per heavy atom. The zero-order valence-electron chi connectivity index (χ0n) is 11.6. The Labute approximate surface area is 112 Å². The summed E-state index contributed by atoms with van der Waals surface area (Å²) < 4.78 is 15.9. The molecule has 2 N–H and O–H groups in total. The van der Waals surface area contributed by atoms with Gasteiger partial charge in [0.15, 0.2) is 0 Å². The minimum Gasteiger partial charge on any atom is -0.410 e. The van der Waals surface area contributed by atoms with Crippen LogP contribution in [0.25, 0.3) is 0 Å². The number of rotatable bonds is 5. The second-order valence-electron chi connectivity index (χ2n) is 4.88.